The molecule has 1 aromatic carbocycles. The zero-order valence-electron chi connectivity index (χ0n) is 11.9. The molecule has 0 spiro atoms. The van der Waals surface area contributed by atoms with Crippen LogP contribution in [-0.4, -0.2) is 54.0 Å². The maximum Gasteiger partial charge on any atom is 0.257 e. The first-order valence-corrected chi connectivity index (χ1v) is 7.10. The minimum atomic E-state index is -0.143. The van der Waals surface area contributed by atoms with Gasteiger partial charge in [-0.2, -0.15) is 0 Å². The number of aromatic hydroxyl groups is 1. The molecule has 0 heterocycles. The van der Waals surface area contributed by atoms with Gasteiger partial charge in [-0.15, -0.1) is 0 Å². The molecule has 106 valence electrons. The van der Waals surface area contributed by atoms with Gasteiger partial charge in [-0.05, 0) is 46.1 Å². The summed E-state index contributed by atoms with van der Waals surface area (Å²) < 4.78 is 0.782. The molecule has 5 heteroatoms. The molecule has 1 unspecified atom stereocenters. The van der Waals surface area contributed by atoms with Gasteiger partial charge in [-0.25, -0.2) is 0 Å². The van der Waals surface area contributed by atoms with E-state index in [4.69, 9.17) is 0 Å². The summed E-state index contributed by atoms with van der Waals surface area (Å²) in [6.07, 6.45) is 0. The zero-order valence-corrected chi connectivity index (χ0v) is 13.4. The van der Waals surface area contributed by atoms with Crippen LogP contribution in [-0.2, 0) is 0 Å². The van der Waals surface area contributed by atoms with E-state index >= 15 is 0 Å². The molecule has 0 saturated carbocycles. The monoisotopic (exact) mass is 328 g/mol. The van der Waals surface area contributed by atoms with Gasteiger partial charge in [0.05, 0.1) is 5.56 Å². The second-order valence-corrected chi connectivity index (χ2v) is 5.78. The maximum atomic E-state index is 12.5. The van der Waals surface area contributed by atoms with E-state index in [1.807, 2.05) is 32.8 Å². The van der Waals surface area contributed by atoms with Gasteiger partial charge < -0.3 is 14.9 Å². The van der Waals surface area contributed by atoms with Crippen molar-refractivity contribution >= 4 is 21.8 Å². The molecule has 0 aliphatic rings. The first kappa shape index (κ1) is 16.0. The molecular formula is C14H21BrN2O2. The van der Waals surface area contributed by atoms with Crippen LogP contribution in [0.15, 0.2) is 22.7 Å². The van der Waals surface area contributed by atoms with Gasteiger partial charge >= 0.3 is 0 Å². The quantitative estimate of drug-likeness (QED) is 0.903. The average molecular weight is 329 g/mol. The maximum absolute atomic E-state index is 12.5. The number of hydrogen-bond donors (Lipinski definition) is 1. The molecule has 1 rings (SSSR count). The van der Waals surface area contributed by atoms with Gasteiger partial charge in [-0.1, -0.05) is 15.9 Å². The summed E-state index contributed by atoms with van der Waals surface area (Å²) in [4.78, 5) is 16.3. The number of hydrogen-bond acceptors (Lipinski definition) is 3. The van der Waals surface area contributed by atoms with Crippen molar-refractivity contribution in [3.63, 3.8) is 0 Å². The van der Waals surface area contributed by atoms with E-state index < -0.39 is 0 Å². The predicted octanol–water partition coefficient (Wildman–Crippen LogP) is 2.57. The molecule has 1 amide bonds. The minimum absolute atomic E-state index is 0.0173. The lowest BCUT2D eigenvalue weighted by Gasteiger charge is -2.30. The summed E-state index contributed by atoms with van der Waals surface area (Å²) in [6.45, 7) is 5.35. The summed E-state index contributed by atoms with van der Waals surface area (Å²) in [7, 11) is 3.96. The number of rotatable bonds is 5. The van der Waals surface area contributed by atoms with E-state index in [2.05, 4.69) is 15.9 Å². The van der Waals surface area contributed by atoms with Crippen LogP contribution < -0.4 is 0 Å². The highest BCUT2D eigenvalue weighted by Crippen LogP contribution is 2.24. The van der Waals surface area contributed by atoms with Crippen molar-refractivity contribution in [1.82, 2.24) is 9.80 Å². The predicted molar refractivity (Wildman–Crippen MR) is 80.5 cm³/mol. The Labute approximate surface area is 123 Å². The van der Waals surface area contributed by atoms with Crippen molar-refractivity contribution in [2.45, 2.75) is 19.9 Å². The third-order valence-corrected chi connectivity index (χ3v) is 3.45. The lowest BCUT2D eigenvalue weighted by atomic mass is 10.1. The van der Waals surface area contributed by atoms with Crippen molar-refractivity contribution in [1.29, 1.82) is 0 Å². The van der Waals surface area contributed by atoms with E-state index in [0.717, 1.165) is 11.0 Å². The summed E-state index contributed by atoms with van der Waals surface area (Å²) in [6, 6.07) is 4.99. The lowest BCUT2D eigenvalue weighted by Crippen LogP contribution is -2.43. The van der Waals surface area contributed by atoms with Gasteiger partial charge in [0, 0.05) is 23.6 Å². The second-order valence-electron chi connectivity index (χ2n) is 4.86. The summed E-state index contributed by atoms with van der Waals surface area (Å²) >= 11 is 3.32. The summed E-state index contributed by atoms with van der Waals surface area (Å²) in [5.41, 5.74) is 0.335. The molecule has 0 radical (unpaired) electrons. The number of nitrogens with zero attached hydrogens (tertiary/aromatic N) is 2. The third-order valence-electron chi connectivity index (χ3n) is 2.95. The number of likely N-dealkylation sites (N-methyl/N-ethyl adjacent to an activating group) is 2. The number of amides is 1. The molecule has 0 saturated heterocycles. The third kappa shape index (κ3) is 4.21. The molecule has 0 aliphatic heterocycles. The molecule has 0 fully saturated rings. The van der Waals surface area contributed by atoms with Gasteiger partial charge in [0.25, 0.3) is 5.91 Å². The fourth-order valence-electron chi connectivity index (χ4n) is 2.12. The standard InChI is InChI=1S/C14H21BrN2O2/c1-5-17(10(2)9-16(3)4)14(19)12-8-11(15)6-7-13(12)18/h6-8,10,18H,5,9H2,1-4H3. The van der Waals surface area contributed by atoms with Crippen molar-refractivity contribution in [2.24, 2.45) is 0 Å². The van der Waals surface area contributed by atoms with E-state index in [0.29, 0.717) is 12.1 Å². The number of carbonyl (C=O) groups excluding carboxylic acids is 1. The van der Waals surface area contributed by atoms with Crippen LogP contribution in [0.5, 0.6) is 5.75 Å². The van der Waals surface area contributed by atoms with Crippen LogP contribution in [0.1, 0.15) is 24.2 Å². The largest absolute Gasteiger partial charge is 0.507 e. The fourth-order valence-corrected chi connectivity index (χ4v) is 2.48. The first-order chi connectivity index (χ1) is 8.86. The Bertz CT molecular complexity index is 449. The first-order valence-electron chi connectivity index (χ1n) is 6.31. The Balaban J connectivity index is 2.98. The summed E-state index contributed by atoms with van der Waals surface area (Å²) in [5, 5.41) is 9.83. The fraction of sp³-hybridized carbons (Fsp3) is 0.500. The number of halogens is 1. The Morgan fingerprint density at radius 1 is 1.42 bits per heavy atom. The highest BCUT2D eigenvalue weighted by Gasteiger charge is 2.22. The normalized spacial score (nSPS) is 12.5. The van der Waals surface area contributed by atoms with Crippen molar-refractivity contribution in [2.75, 3.05) is 27.2 Å². The van der Waals surface area contributed by atoms with Crippen LogP contribution >= 0.6 is 15.9 Å². The van der Waals surface area contributed by atoms with Crippen LogP contribution in [0.4, 0.5) is 0 Å². The Morgan fingerprint density at radius 2 is 2.05 bits per heavy atom. The lowest BCUT2D eigenvalue weighted by molar-refractivity contribution is 0.0676. The van der Waals surface area contributed by atoms with Crippen LogP contribution in [0.3, 0.4) is 0 Å². The Morgan fingerprint density at radius 3 is 2.58 bits per heavy atom. The molecular weight excluding hydrogens is 308 g/mol. The topological polar surface area (TPSA) is 43.8 Å². The van der Waals surface area contributed by atoms with Crippen LogP contribution in [0.2, 0.25) is 0 Å². The van der Waals surface area contributed by atoms with Gasteiger partial charge in [0.1, 0.15) is 5.75 Å². The highest BCUT2D eigenvalue weighted by atomic mass is 79.9. The minimum Gasteiger partial charge on any atom is -0.507 e. The number of carbonyl (C=O) groups is 1. The molecule has 0 bridgehead atoms. The van der Waals surface area contributed by atoms with Gasteiger partial charge in [0.15, 0.2) is 0 Å². The molecule has 1 atom stereocenters. The second kappa shape index (κ2) is 6.91. The molecule has 1 aromatic rings. The van der Waals surface area contributed by atoms with E-state index in [9.17, 15) is 9.90 Å². The van der Waals surface area contributed by atoms with Crippen molar-refractivity contribution in [3.05, 3.63) is 28.2 Å². The van der Waals surface area contributed by atoms with Gasteiger partial charge in [0.2, 0.25) is 0 Å². The number of phenols is 1. The van der Waals surface area contributed by atoms with Crippen molar-refractivity contribution in [3.8, 4) is 5.75 Å². The van der Waals surface area contributed by atoms with Gasteiger partial charge in [-0.3, -0.25) is 4.79 Å². The average Bonchev–Trinajstić information content (AvgIpc) is 2.32. The smallest absolute Gasteiger partial charge is 0.257 e. The van der Waals surface area contributed by atoms with Crippen LogP contribution in [0, 0.1) is 0 Å². The molecule has 19 heavy (non-hydrogen) atoms. The van der Waals surface area contributed by atoms with E-state index in [1.165, 1.54) is 6.07 Å². The molecule has 1 N–H and O–H groups in total. The number of phenolic OH excluding ortho intramolecular Hbond substituents is 1. The van der Waals surface area contributed by atoms with Crippen LogP contribution in [0.25, 0.3) is 0 Å². The Kier molecular flexibility index (Phi) is 5.82. The summed E-state index contributed by atoms with van der Waals surface area (Å²) in [5.74, 6) is -0.126. The number of benzene rings is 1. The SMILES string of the molecule is CCN(C(=O)c1cc(Br)ccc1O)C(C)CN(C)C. The van der Waals surface area contributed by atoms with Crippen molar-refractivity contribution < 1.29 is 9.90 Å². The molecule has 0 aliphatic carbocycles. The van der Waals surface area contributed by atoms with E-state index in [-0.39, 0.29) is 17.7 Å². The zero-order chi connectivity index (χ0) is 14.6. The molecule has 4 nitrogen and oxygen atoms in total. The Hall–Kier alpha value is -1.07. The highest BCUT2D eigenvalue weighted by molar-refractivity contribution is 9.10. The molecule has 0 aromatic heterocycles. The van der Waals surface area contributed by atoms with E-state index in [1.54, 1.807) is 17.0 Å².